The van der Waals surface area contributed by atoms with Crippen molar-refractivity contribution in [1.29, 1.82) is 0 Å². The molecule has 0 N–H and O–H groups in total. The van der Waals surface area contributed by atoms with Gasteiger partial charge in [-0.25, -0.2) is 12.4 Å². The van der Waals surface area contributed by atoms with Crippen molar-refractivity contribution >= 4 is 26.7 Å². The summed E-state index contributed by atoms with van der Waals surface area (Å²) < 4.78 is 28.6. The molecule has 0 amide bonds. The summed E-state index contributed by atoms with van der Waals surface area (Å²) in [6.07, 6.45) is 2.61. The molecule has 146 valence electrons. The predicted octanol–water partition coefficient (Wildman–Crippen LogP) is 5.13. The van der Waals surface area contributed by atoms with Gasteiger partial charge in [-0.2, -0.15) is 0 Å². The minimum absolute atomic E-state index is 0.135. The molecule has 2 aromatic carbocycles. The fourth-order valence-corrected chi connectivity index (χ4v) is 6.17. The van der Waals surface area contributed by atoms with Crippen molar-refractivity contribution in [3.8, 4) is 0 Å². The standard InChI is InChI=1S/C23H25NO3S/c1-13-8-15(3)23(16(4)9-13)28(26,27)24-12-21(17(5)25)19-7-6-18(11-22(19)24)20-10-14(20)2/h6-9,11-12,14,20H,10H2,1-5H3/t14-,20-/m1/s1. The Morgan fingerprint density at radius 2 is 1.68 bits per heavy atom. The smallest absolute Gasteiger partial charge is 0.268 e. The Hall–Kier alpha value is -2.40. The van der Waals surface area contributed by atoms with Gasteiger partial charge in [0.2, 0.25) is 0 Å². The first kappa shape index (κ1) is 18.9. The molecular formula is C23H25NO3S. The van der Waals surface area contributed by atoms with Crippen LogP contribution in [0.3, 0.4) is 0 Å². The molecule has 1 aliphatic carbocycles. The van der Waals surface area contributed by atoms with E-state index in [4.69, 9.17) is 0 Å². The summed E-state index contributed by atoms with van der Waals surface area (Å²) in [5.41, 5.74) is 4.63. The van der Waals surface area contributed by atoms with E-state index in [-0.39, 0.29) is 5.78 Å². The van der Waals surface area contributed by atoms with Gasteiger partial charge in [-0.05, 0) is 68.7 Å². The molecule has 0 aliphatic heterocycles. The van der Waals surface area contributed by atoms with Crippen LogP contribution in [0, 0.1) is 26.7 Å². The average Bonchev–Trinajstić information content (AvgIpc) is 3.17. The van der Waals surface area contributed by atoms with Gasteiger partial charge in [-0.1, -0.05) is 36.8 Å². The molecule has 1 aromatic heterocycles. The van der Waals surface area contributed by atoms with Gasteiger partial charge >= 0.3 is 0 Å². The van der Waals surface area contributed by atoms with Crippen molar-refractivity contribution in [3.05, 3.63) is 64.3 Å². The van der Waals surface area contributed by atoms with E-state index >= 15 is 0 Å². The molecule has 0 bridgehead atoms. The van der Waals surface area contributed by atoms with Crippen LogP contribution in [-0.4, -0.2) is 18.2 Å². The van der Waals surface area contributed by atoms with Crippen molar-refractivity contribution in [3.63, 3.8) is 0 Å². The van der Waals surface area contributed by atoms with Crippen LogP contribution in [0.2, 0.25) is 0 Å². The Morgan fingerprint density at radius 1 is 1.07 bits per heavy atom. The van der Waals surface area contributed by atoms with Crippen LogP contribution in [0.4, 0.5) is 0 Å². The number of ketones is 1. The quantitative estimate of drug-likeness (QED) is 0.576. The molecule has 0 radical (unpaired) electrons. The number of benzene rings is 2. The van der Waals surface area contributed by atoms with Gasteiger partial charge in [-0.15, -0.1) is 0 Å². The normalized spacial score (nSPS) is 19.2. The molecule has 0 spiro atoms. The third-order valence-corrected chi connectivity index (χ3v) is 7.81. The van der Waals surface area contributed by atoms with Gasteiger partial charge in [0, 0.05) is 17.1 Å². The van der Waals surface area contributed by atoms with Gasteiger partial charge in [0.15, 0.2) is 5.78 Å². The molecule has 0 saturated heterocycles. The van der Waals surface area contributed by atoms with Crippen molar-refractivity contribution in [1.82, 2.24) is 3.97 Å². The van der Waals surface area contributed by atoms with Crippen molar-refractivity contribution in [2.24, 2.45) is 5.92 Å². The van der Waals surface area contributed by atoms with E-state index in [1.165, 1.54) is 17.1 Å². The van der Waals surface area contributed by atoms with Crippen molar-refractivity contribution in [2.75, 3.05) is 0 Å². The van der Waals surface area contributed by atoms with E-state index in [9.17, 15) is 13.2 Å². The summed E-state index contributed by atoms with van der Waals surface area (Å²) in [4.78, 5) is 12.5. The molecule has 1 aliphatic rings. The van der Waals surface area contributed by atoms with Crippen LogP contribution in [0.5, 0.6) is 0 Å². The van der Waals surface area contributed by atoms with Gasteiger partial charge in [-0.3, -0.25) is 4.79 Å². The highest BCUT2D eigenvalue weighted by molar-refractivity contribution is 7.90. The first-order valence-electron chi connectivity index (χ1n) is 9.60. The lowest BCUT2D eigenvalue weighted by Gasteiger charge is -2.14. The van der Waals surface area contributed by atoms with Gasteiger partial charge < -0.3 is 0 Å². The van der Waals surface area contributed by atoms with Crippen LogP contribution < -0.4 is 0 Å². The number of carbonyl (C=O) groups excluding carboxylic acids is 1. The number of aryl methyl sites for hydroxylation is 3. The lowest BCUT2D eigenvalue weighted by atomic mass is 10.0. The molecule has 28 heavy (non-hydrogen) atoms. The third-order valence-electron chi connectivity index (χ3n) is 5.83. The zero-order valence-electron chi connectivity index (χ0n) is 16.9. The van der Waals surface area contributed by atoms with Crippen molar-refractivity contribution in [2.45, 2.75) is 51.9 Å². The Kier molecular flexibility index (Phi) is 4.27. The zero-order chi connectivity index (χ0) is 20.4. The monoisotopic (exact) mass is 395 g/mol. The fourth-order valence-electron chi connectivity index (χ4n) is 4.38. The second-order valence-electron chi connectivity index (χ2n) is 8.22. The summed E-state index contributed by atoms with van der Waals surface area (Å²) in [6.45, 7) is 9.28. The van der Waals surface area contributed by atoms with Crippen molar-refractivity contribution < 1.29 is 13.2 Å². The zero-order valence-corrected chi connectivity index (χ0v) is 17.7. The minimum atomic E-state index is -3.83. The van der Waals surface area contributed by atoms with Gasteiger partial charge in [0.25, 0.3) is 10.0 Å². The number of carbonyl (C=O) groups is 1. The lowest BCUT2D eigenvalue weighted by Crippen LogP contribution is -2.15. The van der Waals surface area contributed by atoms with E-state index in [1.54, 1.807) is 0 Å². The molecule has 4 rings (SSSR count). The third kappa shape index (κ3) is 2.89. The highest BCUT2D eigenvalue weighted by atomic mass is 32.2. The molecule has 2 atom stereocenters. The Morgan fingerprint density at radius 3 is 2.21 bits per heavy atom. The van der Waals surface area contributed by atoms with Gasteiger partial charge in [0.1, 0.15) is 0 Å². The van der Waals surface area contributed by atoms with Gasteiger partial charge in [0.05, 0.1) is 10.4 Å². The highest BCUT2D eigenvalue weighted by Crippen LogP contribution is 2.47. The maximum Gasteiger partial charge on any atom is 0.268 e. The molecule has 1 saturated carbocycles. The van der Waals surface area contributed by atoms with Crippen LogP contribution in [0.15, 0.2) is 41.4 Å². The SMILES string of the molecule is CC(=O)c1cn(S(=O)(=O)c2c(C)cc(C)cc2C)c2cc([C@@H]3C[C@H]3C)ccc12. The first-order chi connectivity index (χ1) is 13.1. The molecular weight excluding hydrogens is 370 g/mol. The largest absolute Gasteiger partial charge is 0.294 e. The molecule has 3 aromatic rings. The molecule has 1 heterocycles. The van der Waals surface area contributed by atoms with Crippen LogP contribution in [-0.2, 0) is 10.0 Å². The molecule has 5 heteroatoms. The van der Waals surface area contributed by atoms with Crippen LogP contribution in [0.25, 0.3) is 10.9 Å². The van der Waals surface area contributed by atoms with E-state index < -0.39 is 10.0 Å². The average molecular weight is 396 g/mol. The molecule has 4 nitrogen and oxygen atoms in total. The number of nitrogens with zero attached hydrogens (tertiary/aromatic N) is 1. The van der Waals surface area contributed by atoms with E-state index in [1.807, 2.05) is 51.1 Å². The van der Waals surface area contributed by atoms with Crippen LogP contribution >= 0.6 is 0 Å². The Labute approximate surface area is 166 Å². The topological polar surface area (TPSA) is 56.1 Å². The number of aromatic nitrogens is 1. The highest BCUT2D eigenvalue weighted by Gasteiger charge is 2.35. The first-order valence-corrected chi connectivity index (χ1v) is 11.0. The van der Waals surface area contributed by atoms with E-state index in [0.29, 0.717) is 33.2 Å². The number of hydrogen-bond acceptors (Lipinski definition) is 3. The second kappa shape index (κ2) is 6.31. The maximum atomic E-state index is 13.6. The number of rotatable bonds is 4. The summed E-state index contributed by atoms with van der Waals surface area (Å²) in [7, 11) is -3.83. The summed E-state index contributed by atoms with van der Waals surface area (Å²) >= 11 is 0. The predicted molar refractivity (Wildman–Crippen MR) is 112 cm³/mol. The molecule has 1 fully saturated rings. The lowest BCUT2D eigenvalue weighted by molar-refractivity contribution is 0.101. The summed E-state index contributed by atoms with van der Waals surface area (Å²) in [6, 6.07) is 9.64. The fraction of sp³-hybridized carbons (Fsp3) is 0.348. The Balaban J connectivity index is 2.01. The van der Waals surface area contributed by atoms with E-state index in [2.05, 4.69) is 6.92 Å². The summed E-state index contributed by atoms with van der Waals surface area (Å²) in [5, 5.41) is 0.690. The number of fused-ring (bicyclic) bond motifs is 1. The summed E-state index contributed by atoms with van der Waals surface area (Å²) in [5.74, 6) is 0.953. The maximum absolute atomic E-state index is 13.6. The number of Topliss-reactive ketones (excluding diaryl/α,β-unsaturated/α-hetero) is 1. The van der Waals surface area contributed by atoms with E-state index in [0.717, 1.165) is 28.7 Å². The Bertz CT molecular complexity index is 1210. The molecule has 0 unspecified atom stereocenters. The second-order valence-corrected chi connectivity index (χ2v) is 9.98. The number of hydrogen-bond donors (Lipinski definition) is 0. The van der Waals surface area contributed by atoms with Crippen LogP contribution in [0.1, 0.15) is 58.8 Å². The minimum Gasteiger partial charge on any atom is -0.294 e.